The second-order valence-electron chi connectivity index (χ2n) is 14.3. The smallest absolute Gasteiger partial charge is 0.483 e. The molecule has 18 heteroatoms. The number of hydrogen-bond donors (Lipinski definition) is 2. The lowest BCUT2D eigenvalue weighted by atomic mass is 9.93. The van der Waals surface area contributed by atoms with E-state index >= 15 is 0 Å². The maximum atomic E-state index is 13.9. The van der Waals surface area contributed by atoms with Crippen molar-refractivity contribution in [2.75, 3.05) is 59.2 Å². The molecular formula is C38H48N6O12. The number of nitrogens with zero attached hydrogens (tertiary/aromatic N) is 4. The van der Waals surface area contributed by atoms with Gasteiger partial charge in [0.05, 0.1) is 12.1 Å². The number of cyclic esters (lactones) is 2. The molecule has 302 valence electrons. The van der Waals surface area contributed by atoms with Crippen LogP contribution in [0.3, 0.4) is 0 Å². The largest absolute Gasteiger partial charge is 0.508 e. The summed E-state index contributed by atoms with van der Waals surface area (Å²) in [6, 6.07) is 5.16. The predicted octanol–water partition coefficient (Wildman–Crippen LogP) is 1.84. The lowest BCUT2D eigenvalue weighted by Gasteiger charge is -2.36. The van der Waals surface area contributed by atoms with E-state index in [1.165, 1.54) is 20.8 Å². The second-order valence-corrected chi connectivity index (χ2v) is 14.3. The Morgan fingerprint density at radius 1 is 0.964 bits per heavy atom. The SMILES string of the molecule is CCOC(=O)N1CCN(C(=O)C(CCC(=O)OCC2COC(=O)O2)NC(=O)c2cc(OCC(=O)N3CCCC3C(=O)NC3CCC3)c3ccc(C)cc3n2)CC1. The van der Waals surface area contributed by atoms with Crippen molar-refractivity contribution in [3.8, 4) is 5.75 Å². The van der Waals surface area contributed by atoms with Gasteiger partial charge in [0.1, 0.15) is 36.7 Å². The summed E-state index contributed by atoms with van der Waals surface area (Å²) in [7, 11) is 0. The van der Waals surface area contributed by atoms with Gasteiger partial charge < -0.3 is 49.0 Å². The van der Waals surface area contributed by atoms with Crippen LogP contribution < -0.4 is 15.4 Å². The molecule has 6 rings (SSSR count). The quantitative estimate of drug-likeness (QED) is 0.207. The van der Waals surface area contributed by atoms with Crippen molar-refractivity contribution in [1.29, 1.82) is 0 Å². The number of ether oxygens (including phenoxy) is 5. The molecule has 0 spiro atoms. The number of aryl methyl sites for hydroxylation is 1. The van der Waals surface area contributed by atoms with E-state index in [-0.39, 0.29) is 94.7 Å². The molecule has 4 fully saturated rings. The molecule has 0 radical (unpaired) electrons. The van der Waals surface area contributed by atoms with Crippen molar-refractivity contribution in [3.63, 3.8) is 0 Å². The van der Waals surface area contributed by atoms with E-state index in [0.717, 1.165) is 24.8 Å². The zero-order chi connectivity index (χ0) is 39.8. The van der Waals surface area contributed by atoms with Gasteiger partial charge in [-0.2, -0.15) is 0 Å². The van der Waals surface area contributed by atoms with Crippen LogP contribution in [-0.4, -0.2) is 145 Å². The molecule has 18 nitrogen and oxygen atoms in total. The number of hydrogen-bond acceptors (Lipinski definition) is 13. The summed E-state index contributed by atoms with van der Waals surface area (Å²) >= 11 is 0. The first-order valence-corrected chi connectivity index (χ1v) is 19.1. The number of fused-ring (bicyclic) bond motifs is 1. The zero-order valence-corrected chi connectivity index (χ0v) is 31.6. The Hall–Kier alpha value is -5.68. The number of pyridine rings is 1. The molecule has 56 heavy (non-hydrogen) atoms. The third kappa shape index (κ3) is 9.94. The Morgan fingerprint density at radius 2 is 1.73 bits per heavy atom. The molecule has 1 aromatic heterocycles. The Labute approximate surface area is 323 Å². The van der Waals surface area contributed by atoms with Gasteiger partial charge in [-0.05, 0) is 70.1 Å². The van der Waals surface area contributed by atoms with Crippen molar-refractivity contribution in [3.05, 3.63) is 35.5 Å². The molecule has 2 aromatic rings. The summed E-state index contributed by atoms with van der Waals surface area (Å²) in [6.07, 6.45) is 1.71. The van der Waals surface area contributed by atoms with Crippen molar-refractivity contribution in [1.82, 2.24) is 30.3 Å². The minimum atomic E-state index is -1.20. The van der Waals surface area contributed by atoms with Crippen molar-refractivity contribution < 1.29 is 57.2 Å². The molecule has 4 heterocycles. The minimum absolute atomic E-state index is 0.0600. The topological polar surface area (TPSA) is 212 Å². The third-order valence-corrected chi connectivity index (χ3v) is 10.3. The van der Waals surface area contributed by atoms with Gasteiger partial charge in [0.2, 0.25) is 11.8 Å². The average molecular weight is 781 g/mol. The highest BCUT2D eigenvalue weighted by molar-refractivity contribution is 5.99. The van der Waals surface area contributed by atoms with Crippen LogP contribution in [0.15, 0.2) is 24.3 Å². The average Bonchev–Trinajstić information content (AvgIpc) is 3.85. The fraction of sp³-hybridized carbons (Fsp3) is 0.579. The van der Waals surface area contributed by atoms with Crippen LogP contribution in [0.1, 0.15) is 67.9 Å². The number of rotatable bonds is 14. The van der Waals surface area contributed by atoms with Gasteiger partial charge >= 0.3 is 18.2 Å². The van der Waals surface area contributed by atoms with E-state index in [9.17, 15) is 33.6 Å². The standard InChI is InChI=1S/C38H48N6O12/c1-3-52-37(50)43-16-14-42(15-17-43)36(49)27(11-12-33(46)54-20-25-21-55-38(51)56-25)41-34(47)29-19-31(26-10-9-23(2)18-28(26)40-29)53-22-32(45)44-13-5-8-30(44)35(48)39-24-6-4-7-24/h9-10,18-19,24-25,27,30H,3-8,11-17,20-22H2,1-2H3,(H,39,48)(H,41,47). The number of nitrogens with one attached hydrogen (secondary N) is 2. The van der Waals surface area contributed by atoms with Crippen molar-refractivity contribution >= 4 is 52.7 Å². The van der Waals surface area contributed by atoms with E-state index in [2.05, 4.69) is 15.6 Å². The van der Waals surface area contributed by atoms with E-state index in [1.54, 1.807) is 19.1 Å². The summed E-state index contributed by atoms with van der Waals surface area (Å²) in [5.74, 6) is -2.21. The molecule has 3 atom stereocenters. The summed E-state index contributed by atoms with van der Waals surface area (Å²) in [6.45, 7) is 4.29. The molecular weight excluding hydrogens is 732 g/mol. The van der Waals surface area contributed by atoms with Crippen molar-refractivity contribution in [2.45, 2.75) is 83.0 Å². The fourth-order valence-electron chi connectivity index (χ4n) is 6.95. The van der Waals surface area contributed by atoms with Crippen molar-refractivity contribution in [2.24, 2.45) is 0 Å². The molecule has 4 aliphatic rings. The third-order valence-electron chi connectivity index (χ3n) is 10.3. The second kappa shape index (κ2) is 18.3. The fourth-order valence-corrected chi connectivity index (χ4v) is 6.95. The molecule has 1 aromatic carbocycles. The van der Waals surface area contributed by atoms with Crippen LogP contribution in [0.5, 0.6) is 5.75 Å². The molecule has 1 aliphatic carbocycles. The number of carbonyl (C=O) groups is 7. The number of carbonyl (C=O) groups excluding carboxylic acids is 7. The maximum Gasteiger partial charge on any atom is 0.508 e. The Balaban J connectivity index is 1.15. The number of esters is 1. The number of piperazine rings is 1. The first-order valence-electron chi connectivity index (χ1n) is 19.1. The number of benzene rings is 1. The van der Waals surface area contributed by atoms with Gasteiger partial charge in [0.25, 0.3) is 11.8 Å². The minimum Gasteiger partial charge on any atom is -0.483 e. The van der Waals surface area contributed by atoms with Gasteiger partial charge in [0.15, 0.2) is 12.7 Å². The van der Waals surface area contributed by atoms with Crippen LogP contribution in [0, 0.1) is 6.92 Å². The monoisotopic (exact) mass is 780 g/mol. The predicted molar refractivity (Wildman–Crippen MR) is 195 cm³/mol. The summed E-state index contributed by atoms with van der Waals surface area (Å²) in [5.41, 5.74) is 1.17. The summed E-state index contributed by atoms with van der Waals surface area (Å²) in [4.78, 5) is 99.4. The van der Waals surface area contributed by atoms with Gasteiger partial charge in [-0.1, -0.05) is 6.07 Å². The van der Waals surface area contributed by atoms with Gasteiger partial charge in [-0.3, -0.25) is 24.0 Å². The Kier molecular flexibility index (Phi) is 13.1. The highest BCUT2D eigenvalue weighted by Gasteiger charge is 2.36. The molecule has 2 N–H and O–H groups in total. The van der Waals surface area contributed by atoms with Crippen LogP contribution in [-0.2, 0) is 38.1 Å². The van der Waals surface area contributed by atoms with Crippen LogP contribution in [0.4, 0.5) is 9.59 Å². The van der Waals surface area contributed by atoms with Gasteiger partial charge in [0, 0.05) is 56.6 Å². The lowest BCUT2D eigenvalue weighted by molar-refractivity contribution is -0.146. The first-order chi connectivity index (χ1) is 27.0. The van der Waals surface area contributed by atoms with Crippen LogP contribution in [0.25, 0.3) is 10.9 Å². The molecule has 1 saturated carbocycles. The van der Waals surface area contributed by atoms with E-state index in [4.69, 9.17) is 23.7 Å². The highest BCUT2D eigenvalue weighted by atomic mass is 16.8. The molecule has 3 aliphatic heterocycles. The van der Waals surface area contributed by atoms with E-state index in [0.29, 0.717) is 30.3 Å². The zero-order valence-electron chi connectivity index (χ0n) is 31.6. The van der Waals surface area contributed by atoms with E-state index < -0.39 is 48.2 Å². The van der Waals surface area contributed by atoms with Gasteiger partial charge in [-0.15, -0.1) is 0 Å². The molecule has 3 unspecified atom stereocenters. The molecule has 0 bridgehead atoms. The first kappa shape index (κ1) is 40.0. The van der Waals surface area contributed by atoms with E-state index in [1.807, 2.05) is 13.0 Å². The maximum absolute atomic E-state index is 13.9. The lowest BCUT2D eigenvalue weighted by Crippen LogP contribution is -2.56. The number of aromatic nitrogens is 1. The number of likely N-dealkylation sites (tertiary alicyclic amines) is 1. The Morgan fingerprint density at radius 3 is 2.43 bits per heavy atom. The summed E-state index contributed by atoms with van der Waals surface area (Å²) in [5, 5.41) is 6.32. The molecule has 3 saturated heterocycles. The normalized spacial score (nSPS) is 20.0. The number of amides is 5. The van der Waals surface area contributed by atoms with Crippen LogP contribution in [0.2, 0.25) is 0 Å². The molecule has 5 amide bonds. The van der Waals surface area contributed by atoms with Crippen LogP contribution >= 0.6 is 0 Å². The Bertz CT molecular complexity index is 1830. The summed E-state index contributed by atoms with van der Waals surface area (Å²) < 4.78 is 26.0. The highest BCUT2D eigenvalue weighted by Crippen LogP contribution is 2.28. The van der Waals surface area contributed by atoms with Gasteiger partial charge in [-0.25, -0.2) is 14.6 Å².